The van der Waals surface area contributed by atoms with Gasteiger partial charge in [0.25, 0.3) is 0 Å². The second kappa shape index (κ2) is 8.84. The summed E-state index contributed by atoms with van der Waals surface area (Å²) in [6, 6.07) is 5.97. The molecule has 1 aromatic rings. The summed E-state index contributed by atoms with van der Waals surface area (Å²) in [6.45, 7) is 4.51. The zero-order valence-electron chi connectivity index (χ0n) is 12.2. The lowest BCUT2D eigenvalue weighted by molar-refractivity contribution is 0.365. The molecule has 0 aromatic heterocycles. The number of hydrogen-bond acceptors (Lipinski definition) is 1. The Balaban J connectivity index is 2.82. The Morgan fingerprint density at radius 1 is 1.16 bits per heavy atom. The van der Waals surface area contributed by atoms with Gasteiger partial charge in [-0.25, -0.2) is 0 Å². The lowest BCUT2D eigenvalue weighted by atomic mass is 9.89. The normalized spacial score (nSPS) is 14.4. The van der Waals surface area contributed by atoms with Gasteiger partial charge in [-0.3, -0.25) is 0 Å². The average Bonchev–Trinajstić information content (AvgIpc) is 2.41. The zero-order chi connectivity index (χ0) is 14.3. The molecule has 1 nitrogen and oxygen atoms in total. The van der Waals surface area contributed by atoms with Crippen LogP contribution in [-0.2, 0) is 0 Å². The van der Waals surface area contributed by atoms with Gasteiger partial charge in [0.05, 0.1) is 0 Å². The Labute approximate surface area is 127 Å². The van der Waals surface area contributed by atoms with E-state index in [1.54, 1.807) is 0 Å². The maximum Gasteiger partial charge on any atom is 0.0468 e. The van der Waals surface area contributed by atoms with E-state index in [4.69, 9.17) is 23.2 Å². The van der Waals surface area contributed by atoms with Gasteiger partial charge in [0, 0.05) is 21.7 Å². The van der Waals surface area contributed by atoms with Crippen molar-refractivity contribution in [1.29, 1.82) is 0 Å². The summed E-state index contributed by atoms with van der Waals surface area (Å²) in [5.41, 5.74) is 1.04. The van der Waals surface area contributed by atoms with Gasteiger partial charge in [-0.2, -0.15) is 0 Å². The Hall–Kier alpha value is -0.240. The molecule has 2 unspecified atom stereocenters. The highest BCUT2D eigenvalue weighted by atomic mass is 35.5. The molecule has 1 aromatic carbocycles. The quantitative estimate of drug-likeness (QED) is 0.634. The smallest absolute Gasteiger partial charge is 0.0468 e. The molecule has 0 aliphatic heterocycles. The Kier molecular flexibility index (Phi) is 7.82. The van der Waals surface area contributed by atoms with Gasteiger partial charge in [-0.15, -0.1) is 0 Å². The molecule has 0 spiro atoms. The SMILES string of the molecule is CCCCC(CC)CC(NC)c1c(Cl)cccc1Cl. The Morgan fingerprint density at radius 3 is 2.26 bits per heavy atom. The van der Waals surface area contributed by atoms with Gasteiger partial charge in [-0.1, -0.05) is 68.8 Å². The molecular formula is C16H25Cl2N. The van der Waals surface area contributed by atoms with Crippen molar-refractivity contribution in [2.24, 2.45) is 5.92 Å². The Bertz CT molecular complexity index is 359. The van der Waals surface area contributed by atoms with Crippen LogP contribution < -0.4 is 5.32 Å². The third kappa shape index (κ3) is 4.98. The van der Waals surface area contributed by atoms with Gasteiger partial charge in [-0.05, 0) is 31.5 Å². The Morgan fingerprint density at radius 2 is 1.79 bits per heavy atom. The van der Waals surface area contributed by atoms with E-state index in [9.17, 15) is 0 Å². The summed E-state index contributed by atoms with van der Waals surface area (Å²) in [5, 5.41) is 4.89. The van der Waals surface area contributed by atoms with Gasteiger partial charge in [0.15, 0.2) is 0 Å². The third-order valence-corrected chi connectivity index (χ3v) is 4.47. The molecule has 19 heavy (non-hydrogen) atoms. The predicted molar refractivity (Wildman–Crippen MR) is 86.2 cm³/mol. The molecule has 1 rings (SSSR count). The maximum absolute atomic E-state index is 6.31. The van der Waals surface area contributed by atoms with E-state index >= 15 is 0 Å². The van der Waals surface area contributed by atoms with Crippen LogP contribution in [0.15, 0.2) is 18.2 Å². The van der Waals surface area contributed by atoms with Crippen LogP contribution in [0.5, 0.6) is 0 Å². The second-order valence-corrected chi connectivity index (χ2v) is 5.94. The number of unbranched alkanes of at least 4 members (excludes halogenated alkanes) is 1. The minimum atomic E-state index is 0.239. The molecule has 0 radical (unpaired) electrons. The fraction of sp³-hybridized carbons (Fsp3) is 0.625. The van der Waals surface area contributed by atoms with E-state index in [1.807, 2.05) is 25.2 Å². The first-order chi connectivity index (χ1) is 9.13. The van der Waals surface area contributed by atoms with E-state index < -0.39 is 0 Å². The number of benzene rings is 1. The van der Waals surface area contributed by atoms with E-state index in [1.165, 1.54) is 25.7 Å². The largest absolute Gasteiger partial charge is 0.313 e. The molecule has 3 heteroatoms. The van der Waals surface area contributed by atoms with Crippen LogP contribution in [0, 0.1) is 5.92 Å². The second-order valence-electron chi connectivity index (χ2n) is 5.13. The molecule has 0 heterocycles. The lowest BCUT2D eigenvalue weighted by Crippen LogP contribution is -2.20. The number of hydrogen-bond donors (Lipinski definition) is 1. The van der Waals surface area contributed by atoms with Crippen molar-refractivity contribution >= 4 is 23.2 Å². The van der Waals surface area contributed by atoms with Crippen LogP contribution in [0.4, 0.5) is 0 Å². The summed E-state index contributed by atoms with van der Waals surface area (Å²) in [6.07, 6.45) is 6.14. The van der Waals surface area contributed by atoms with Crippen molar-refractivity contribution < 1.29 is 0 Å². The van der Waals surface area contributed by atoms with E-state index in [0.29, 0.717) is 0 Å². The van der Waals surface area contributed by atoms with Gasteiger partial charge < -0.3 is 5.32 Å². The number of halogens is 2. The van der Waals surface area contributed by atoms with Crippen molar-refractivity contribution in [3.8, 4) is 0 Å². The van der Waals surface area contributed by atoms with Crippen LogP contribution in [0.3, 0.4) is 0 Å². The van der Waals surface area contributed by atoms with Crippen molar-refractivity contribution in [1.82, 2.24) is 5.32 Å². The minimum absolute atomic E-state index is 0.239. The number of rotatable bonds is 8. The first-order valence-corrected chi connectivity index (χ1v) is 8.00. The first-order valence-electron chi connectivity index (χ1n) is 7.25. The van der Waals surface area contributed by atoms with Crippen LogP contribution in [0.1, 0.15) is 57.6 Å². The molecule has 0 bridgehead atoms. The summed E-state index contributed by atoms with van der Waals surface area (Å²) < 4.78 is 0. The fourth-order valence-corrected chi connectivity index (χ4v) is 3.20. The molecule has 0 amide bonds. The molecule has 108 valence electrons. The summed E-state index contributed by atoms with van der Waals surface area (Å²) in [7, 11) is 1.98. The molecule has 2 atom stereocenters. The van der Waals surface area contributed by atoms with Crippen molar-refractivity contribution in [2.45, 2.75) is 52.0 Å². The molecule has 0 saturated carbocycles. The molecular weight excluding hydrogens is 277 g/mol. The summed E-state index contributed by atoms with van der Waals surface area (Å²) >= 11 is 12.6. The highest BCUT2D eigenvalue weighted by Gasteiger charge is 2.20. The van der Waals surface area contributed by atoms with E-state index in [-0.39, 0.29) is 6.04 Å². The minimum Gasteiger partial charge on any atom is -0.313 e. The topological polar surface area (TPSA) is 12.0 Å². The van der Waals surface area contributed by atoms with E-state index in [0.717, 1.165) is 27.9 Å². The molecule has 0 fully saturated rings. The average molecular weight is 302 g/mol. The van der Waals surface area contributed by atoms with Gasteiger partial charge >= 0.3 is 0 Å². The molecule has 0 aliphatic rings. The molecule has 1 N–H and O–H groups in total. The fourth-order valence-electron chi connectivity index (χ4n) is 2.54. The zero-order valence-corrected chi connectivity index (χ0v) is 13.7. The van der Waals surface area contributed by atoms with Crippen molar-refractivity contribution in [3.63, 3.8) is 0 Å². The van der Waals surface area contributed by atoms with Crippen molar-refractivity contribution in [3.05, 3.63) is 33.8 Å². The maximum atomic E-state index is 6.31. The predicted octanol–water partition coefficient (Wildman–Crippen LogP) is 5.86. The number of nitrogens with one attached hydrogen (secondary N) is 1. The van der Waals surface area contributed by atoms with E-state index in [2.05, 4.69) is 19.2 Å². The lowest BCUT2D eigenvalue weighted by Gasteiger charge is -2.24. The molecule has 0 saturated heterocycles. The molecule has 0 aliphatic carbocycles. The van der Waals surface area contributed by atoms with Crippen molar-refractivity contribution in [2.75, 3.05) is 7.05 Å². The summed E-state index contributed by atoms with van der Waals surface area (Å²) in [5.74, 6) is 0.727. The van der Waals surface area contributed by atoms with Crippen LogP contribution >= 0.6 is 23.2 Å². The third-order valence-electron chi connectivity index (χ3n) is 3.81. The van der Waals surface area contributed by atoms with Crippen LogP contribution in [0.2, 0.25) is 10.0 Å². The van der Waals surface area contributed by atoms with Gasteiger partial charge in [0.2, 0.25) is 0 Å². The van der Waals surface area contributed by atoms with Crippen LogP contribution in [-0.4, -0.2) is 7.05 Å². The highest BCUT2D eigenvalue weighted by molar-refractivity contribution is 6.36. The van der Waals surface area contributed by atoms with Crippen LogP contribution in [0.25, 0.3) is 0 Å². The first kappa shape index (κ1) is 16.8. The standard InChI is InChI=1S/C16H25Cl2N/c1-4-6-8-12(5-2)11-15(19-3)16-13(17)9-7-10-14(16)18/h7,9-10,12,15,19H,4-6,8,11H2,1-3H3. The van der Waals surface area contributed by atoms with Gasteiger partial charge in [0.1, 0.15) is 0 Å². The highest BCUT2D eigenvalue weighted by Crippen LogP contribution is 2.35. The summed E-state index contributed by atoms with van der Waals surface area (Å²) in [4.78, 5) is 0. The monoisotopic (exact) mass is 301 g/mol.